The first-order valence-electron chi connectivity index (χ1n) is 6.32. The van der Waals surface area contributed by atoms with E-state index in [9.17, 15) is 9.59 Å². The van der Waals surface area contributed by atoms with Crippen molar-refractivity contribution in [2.75, 3.05) is 19.9 Å². The molecular formula is C14H19NO4. The molecule has 0 saturated carbocycles. The van der Waals surface area contributed by atoms with Crippen LogP contribution in [0, 0.1) is 0 Å². The van der Waals surface area contributed by atoms with E-state index >= 15 is 0 Å². The van der Waals surface area contributed by atoms with Crippen LogP contribution in [0.4, 0.5) is 4.79 Å². The van der Waals surface area contributed by atoms with Gasteiger partial charge < -0.3 is 9.47 Å². The lowest BCUT2D eigenvalue weighted by Gasteiger charge is -2.20. The van der Waals surface area contributed by atoms with Gasteiger partial charge in [-0.3, -0.25) is 4.90 Å². The van der Waals surface area contributed by atoms with Gasteiger partial charge in [0, 0.05) is 6.54 Å². The van der Waals surface area contributed by atoms with Crippen molar-refractivity contribution in [3.63, 3.8) is 0 Å². The first-order chi connectivity index (χ1) is 9.19. The van der Waals surface area contributed by atoms with Crippen LogP contribution in [-0.2, 0) is 9.47 Å². The third kappa shape index (κ3) is 4.99. The second-order valence-corrected chi connectivity index (χ2v) is 3.89. The topological polar surface area (TPSA) is 55.8 Å². The van der Waals surface area contributed by atoms with Crippen molar-refractivity contribution in [3.05, 3.63) is 35.9 Å². The van der Waals surface area contributed by atoms with Gasteiger partial charge in [0.05, 0.1) is 12.2 Å². The first-order valence-corrected chi connectivity index (χ1v) is 6.32. The lowest BCUT2D eigenvalue weighted by molar-refractivity contribution is 0.0188. The summed E-state index contributed by atoms with van der Waals surface area (Å²) in [5.41, 5.74) is 0.461. The Bertz CT molecular complexity index is 405. The Morgan fingerprint density at radius 1 is 1.11 bits per heavy atom. The van der Waals surface area contributed by atoms with E-state index in [0.717, 1.165) is 6.42 Å². The largest absolute Gasteiger partial charge is 0.450 e. The highest BCUT2D eigenvalue weighted by atomic mass is 16.6. The van der Waals surface area contributed by atoms with Gasteiger partial charge in [0.15, 0.2) is 6.73 Å². The van der Waals surface area contributed by atoms with Gasteiger partial charge in [0.25, 0.3) is 0 Å². The van der Waals surface area contributed by atoms with E-state index in [1.807, 2.05) is 13.0 Å². The second-order valence-electron chi connectivity index (χ2n) is 3.89. The van der Waals surface area contributed by atoms with Crippen molar-refractivity contribution in [1.82, 2.24) is 4.90 Å². The number of benzene rings is 1. The van der Waals surface area contributed by atoms with Crippen LogP contribution in [0.5, 0.6) is 0 Å². The van der Waals surface area contributed by atoms with Crippen LogP contribution in [0.1, 0.15) is 30.6 Å². The number of hydrogen-bond donors (Lipinski definition) is 0. The maximum Gasteiger partial charge on any atom is 0.412 e. The lowest BCUT2D eigenvalue weighted by atomic mass is 10.2. The van der Waals surface area contributed by atoms with Gasteiger partial charge >= 0.3 is 12.1 Å². The number of ether oxygens (including phenoxy) is 2. The van der Waals surface area contributed by atoms with Crippen LogP contribution in [0.25, 0.3) is 0 Å². The molecule has 1 aromatic rings. The molecule has 0 fully saturated rings. The van der Waals surface area contributed by atoms with Crippen LogP contribution >= 0.6 is 0 Å². The zero-order valence-electron chi connectivity index (χ0n) is 11.3. The first kappa shape index (κ1) is 15.0. The van der Waals surface area contributed by atoms with Crippen molar-refractivity contribution in [3.8, 4) is 0 Å². The molecule has 5 nitrogen and oxygen atoms in total. The van der Waals surface area contributed by atoms with Gasteiger partial charge in [-0.1, -0.05) is 25.1 Å². The van der Waals surface area contributed by atoms with Crippen molar-refractivity contribution in [2.45, 2.75) is 20.3 Å². The summed E-state index contributed by atoms with van der Waals surface area (Å²) in [6, 6.07) is 8.66. The number of esters is 1. The number of amides is 1. The molecule has 1 rings (SSSR count). The van der Waals surface area contributed by atoms with Crippen LogP contribution in [-0.4, -0.2) is 36.8 Å². The van der Waals surface area contributed by atoms with Crippen molar-refractivity contribution >= 4 is 12.1 Å². The SMILES string of the molecule is CCCN(COC(=O)c1ccccc1)C(=O)OCC. The Morgan fingerprint density at radius 2 is 1.79 bits per heavy atom. The van der Waals surface area contributed by atoms with Crippen molar-refractivity contribution < 1.29 is 19.1 Å². The summed E-state index contributed by atoms with van der Waals surface area (Å²) in [4.78, 5) is 24.7. The fourth-order valence-corrected chi connectivity index (χ4v) is 1.49. The second kappa shape index (κ2) is 8.13. The number of carbonyl (C=O) groups is 2. The quantitative estimate of drug-likeness (QED) is 0.586. The summed E-state index contributed by atoms with van der Waals surface area (Å²) in [7, 11) is 0. The maximum atomic E-state index is 11.7. The molecular weight excluding hydrogens is 246 g/mol. The molecule has 1 amide bonds. The van der Waals surface area contributed by atoms with Gasteiger partial charge in [0.2, 0.25) is 0 Å². The Balaban J connectivity index is 2.52. The number of carbonyl (C=O) groups excluding carboxylic acids is 2. The van der Waals surface area contributed by atoms with E-state index in [0.29, 0.717) is 18.7 Å². The number of nitrogens with zero attached hydrogens (tertiary/aromatic N) is 1. The van der Waals surface area contributed by atoms with Crippen molar-refractivity contribution in [1.29, 1.82) is 0 Å². The summed E-state index contributed by atoms with van der Waals surface area (Å²) < 4.78 is 9.99. The standard InChI is InChI=1S/C14H19NO4/c1-3-10-15(14(17)18-4-2)11-19-13(16)12-8-6-5-7-9-12/h5-9H,3-4,10-11H2,1-2H3. The average molecular weight is 265 g/mol. The van der Waals surface area contributed by atoms with E-state index in [1.54, 1.807) is 31.2 Å². The molecule has 0 unspecified atom stereocenters. The highest BCUT2D eigenvalue weighted by Gasteiger charge is 2.16. The van der Waals surface area contributed by atoms with Crippen LogP contribution < -0.4 is 0 Å². The molecule has 0 aliphatic rings. The predicted molar refractivity (Wildman–Crippen MR) is 70.7 cm³/mol. The Morgan fingerprint density at radius 3 is 2.37 bits per heavy atom. The molecule has 0 saturated heterocycles. The molecule has 0 aromatic heterocycles. The van der Waals surface area contributed by atoms with Crippen LogP contribution in [0.3, 0.4) is 0 Å². The minimum atomic E-state index is -0.467. The zero-order chi connectivity index (χ0) is 14.1. The summed E-state index contributed by atoms with van der Waals surface area (Å²) >= 11 is 0. The molecule has 0 N–H and O–H groups in total. The zero-order valence-corrected chi connectivity index (χ0v) is 11.3. The van der Waals surface area contributed by atoms with Gasteiger partial charge in [-0.25, -0.2) is 9.59 Å². The van der Waals surface area contributed by atoms with Gasteiger partial charge in [-0.2, -0.15) is 0 Å². The van der Waals surface area contributed by atoms with Gasteiger partial charge in [0.1, 0.15) is 0 Å². The summed E-state index contributed by atoms with van der Waals surface area (Å²) in [5.74, 6) is -0.453. The number of hydrogen-bond acceptors (Lipinski definition) is 4. The smallest absolute Gasteiger partial charge is 0.412 e. The molecule has 0 atom stereocenters. The fourth-order valence-electron chi connectivity index (χ4n) is 1.49. The average Bonchev–Trinajstić information content (AvgIpc) is 2.44. The van der Waals surface area contributed by atoms with Crippen LogP contribution in [0.2, 0.25) is 0 Å². The monoisotopic (exact) mass is 265 g/mol. The van der Waals surface area contributed by atoms with E-state index in [4.69, 9.17) is 9.47 Å². The molecule has 0 aliphatic heterocycles. The molecule has 19 heavy (non-hydrogen) atoms. The Labute approximate surface area is 113 Å². The van der Waals surface area contributed by atoms with Crippen LogP contribution in [0.15, 0.2) is 30.3 Å². The summed E-state index contributed by atoms with van der Waals surface area (Å²) in [6.45, 7) is 4.36. The normalized spacial score (nSPS) is 9.79. The molecule has 1 aromatic carbocycles. The highest BCUT2D eigenvalue weighted by molar-refractivity contribution is 5.89. The highest BCUT2D eigenvalue weighted by Crippen LogP contribution is 2.03. The Kier molecular flexibility index (Phi) is 6.43. The summed E-state index contributed by atoms with van der Waals surface area (Å²) in [5, 5.41) is 0. The summed E-state index contributed by atoms with van der Waals surface area (Å²) in [6.07, 6.45) is 0.298. The number of rotatable bonds is 6. The third-order valence-electron chi connectivity index (χ3n) is 2.38. The molecule has 0 radical (unpaired) electrons. The van der Waals surface area contributed by atoms with E-state index < -0.39 is 12.1 Å². The molecule has 0 spiro atoms. The molecule has 104 valence electrons. The minimum absolute atomic E-state index is 0.0968. The lowest BCUT2D eigenvalue weighted by Crippen LogP contribution is -2.35. The molecule has 0 bridgehead atoms. The molecule has 0 heterocycles. The minimum Gasteiger partial charge on any atom is -0.450 e. The van der Waals surface area contributed by atoms with Crippen molar-refractivity contribution in [2.24, 2.45) is 0 Å². The van der Waals surface area contributed by atoms with E-state index in [1.165, 1.54) is 4.90 Å². The van der Waals surface area contributed by atoms with Gasteiger partial charge in [-0.05, 0) is 25.5 Å². The van der Waals surface area contributed by atoms with Gasteiger partial charge in [-0.15, -0.1) is 0 Å². The maximum absolute atomic E-state index is 11.7. The molecule has 0 aliphatic carbocycles. The van der Waals surface area contributed by atoms with E-state index in [-0.39, 0.29) is 6.73 Å². The predicted octanol–water partition coefficient (Wildman–Crippen LogP) is 2.67. The fraction of sp³-hybridized carbons (Fsp3) is 0.429. The third-order valence-corrected chi connectivity index (χ3v) is 2.38. The molecule has 5 heteroatoms. The van der Waals surface area contributed by atoms with E-state index in [2.05, 4.69) is 0 Å². The Hall–Kier alpha value is -2.04.